The highest BCUT2D eigenvalue weighted by Crippen LogP contribution is 2.37. The number of hydrogen-bond acceptors (Lipinski definition) is 9. The van der Waals surface area contributed by atoms with E-state index in [1.807, 2.05) is 0 Å². The van der Waals surface area contributed by atoms with Crippen LogP contribution in [0.5, 0.6) is 0 Å². The number of nitrogens with zero attached hydrogens (tertiary/aromatic N) is 3. The van der Waals surface area contributed by atoms with Crippen molar-refractivity contribution in [1.82, 2.24) is 9.97 Å². The van der Waals surface area contributed by atoms with Gasteiger partial charge in [0.1, 0.15) is 36.6 Å². The standard InChI is InChI=1S/C13H16N4O5/c1-19-13-21-9-6(3-18)20-10(11(9)22-13)8-7-5(2-15-8)12(14)17-4-16-7/h4,6,9-11,13,18H,2-3H2,1H3,(H2,14,16,17)/t6-,9-,10+,11-,13?/m1/s1. The van der Waals surface area contributed by atoms with Gasteiger partial charge in [-0.15, -0.1) is 0 Å². The molecule has 0 radical (unpaired) electrons. The first-order valence-corrected chi connectivity index (χ1v) is 6.97. The molecule has 22 heavy (non-hydrogen) atoms. The van der Waals surface area contributed by atoms with Crippen LogP contribution in [-0.2, 0) is 25.5 Å². The summed E-state index contributed by atoms with van der Waals surface area (Å²) in [4.78, 5) is 12.7. The van der Waals surface area contributed by atoms with Crippen LogP contribution in [0.1, 0.15) is 11.3 Å². The van der Waals surface area contributed by atoms with Crippen molar-refractivity contribution in [1.29, 1.82) is 0 Å². The molecule has 5 atom stereocenters. The number of aliphatic imine (C=N–C) groups is 1. The van der Waals surface area contributed by atoms with Gasteiger partial charge in [0.25, 0.3) is 6.48 Å². The first kappa shape index (κ1) is 14.0. The van der Waals surface area contributed by atoms with Gasteiger partial charge >= 0.3 is 0 Å². The Balaban J connectivity index is 1.66. The number of aliphatic hydroxyl groups is 1. The first-order chi connectivity index (χ1) is 10.7. The number of ether oxygens (including phenoxy) is 4. The molecule has 2 saturated heterocycles. The predicted molar refractivity (Wildman–Crippen MR) is 73.0 cm³/mol. The van der Waals surface area contributed by atoms with E-state index in [-0.39, 0.29) is 6.61 Å². The van der Waals surface area contributed by atoms with E-state index in [4.69, 9.17) is 24.7 Å². The van der Waals surface area contributed by atoms with E-state index in [2.05, 4.69) is 15.0 Å². The van der Waals surface area contributed by atoms with Gasteiger partial charge in [0, 0.05) is 12.7 Å². The number of rotatable bonds is 3. The van der Waals surface area contributed by atoms with Crippen molar-refractivity contribution in [3.05, 3.63) is 17.6 Å². The Morgan fingerprint density at radius 2 is 2.14 bits per heavy atom. The molecule has 0 aromatic carbocycles. The third-order valence-corrected chi connectivity index (χ3v) is 4.12. The minimum Gasteiger partial charge on any atom is -0.394 e. The smallest absolute Gasteiger partial charge is 0.272 e. The molecular weight excluding hydrogens is 292 g/mol. The summed E-state index contributed by atoms with van der Waals surface area (Å²) < 4.78 is 22.2. The Hall–Kier alpha value is -1.65. The van der Waals surface area contributed by atoms with Crippen LogP contribution in [0.25, 0.3) is 0 Å². The number of anilines is 1. The molecule has 3 aliphatic heterocycles. The molecule has 4 heterocycles. The Labute approximate surface area is 126 Å². The number of methoxy groups -OCH3 is 1. The van der Waals surface area contributed by atoms with E-state index in [0.29, 0.717) is 23.8 Å². The van der Waals surface area contributed by atoms with Crippen LogP contribution in [-0.4, -0.2) is 65.4 Å². The molecule has 2 fully saturated rings. The van der Waals surface area contributed by atoms with Crippen molar-refractivity contribution in [2.75, 3.05) is 19.5 Å². The van der Waals surface area contributed by atoms with Gasteiger partial charge < -0.3 is 29.8 Å². The van der Waals surface area contributed by atoms with Crippen molar-refractivity contribution in [2.24, 2.45) is 4.99 Å². The Bertz CT molecular complexity index is 624. The normalized spacial score (nSPS) is 36.3. The second kappa shape index (κ2) is 5.21. The lowest BCUT2D eigenvalue weighted by molar-refractivity contribution is -0.248. The fourth-order valence-electron chi connectivity index (χ4n) is 3.07. The summed E-state index contributed by atoms with van der Waals surface area (Å²) in [6.07, 6.45) is -0.414. The van der Waals surface area contributed by atoms with Crippen LogP contribution in [0.4, 0.5) is 5.82 Å². The highest BCUT2D eigenvalue weighted by atomic mass is 16.9. The average molecular weight is 308 g/mol. The third kappa shape index (κ3) is 1.94. The Kier molecular flexibility index (Phi) is 3.31. The van der Waals surface area contributed by atoms with Gasteiger partial charge in [-0.3, -0.25) is 4.99 Å². The zero-order valence-electron chi connectivity index (χ0n) is 11.9. The van der Waals surface area contributed by atoms with Crippen LogP contribution in [0.2, 0.25) is 0 Å². The summed E-state index contributed by atoms with van der Waals surface area (Å²) in [7, 11) is 1.49. The van der Waals surface area contributed by atoms with Gasteiger partial charge in [0.15, 0.2) is 0 Å². The monoisotopic (exact) mass is 308 g/mol. The number of aromatic nitrogens is 2. The molecule has 1 aromatic heterocycles. The fourth-order valence-corrected chi connectivity index (χ4v) is 3.07. The number of aliphatic hydroxyl groups excluding tert-OH is 1. The highest BCUT2D eigenvalue weighted by Gasteiger charge is 2.55. The molecule has 4 rings (SSSR count). The number of fused-ring (bicyclic) bond motifs is 2. The summed E-state index contributed by atoms with van der Waals surface area (Å²) >= 11 is 0. The maximum absolute atomic E-state index is 9.49. The third-order valence-electron chi connectivity index (χ3n) is 4.12. The molecule has 0 bridgehead atoms. The van der Waals surface area contributed by atoms with Gasteiger partial charge in [-0.2, -0.15) is 0 Å². The summed E-state index contributed by atoms with van der Waals surface area (Å²) in [5.74, 6) is 0.412. The molecular formula is C13H16N4O5. The largest absolute Gasteiger partial charge is 0.394 e. The predicted octanol–water partition coefficient (Wildman–Crippen LogP) is -1.16. The van der Waals surface area contributed by atoms with Crippen LogP contribution < -0.4 is 5.73 Å². The van der Waals surface area contributed by atoms with E-state index in [1.165, 1.54) is 13.4 Å². The van der Waals surface area contributed by atoms with Crippen LogP contribution in [0.15, 0.2) is 11.3 Å². The molecule has 1 aromatic rings. The van der Waals surface area contributed by atoms with Crippen molar-refractivity contribution in [2.45, 2.75) is 37.4 Å². The maximum atomic E-state index is 9.49. The summed E-state index contributed by atoms with van der Waals surface area (Å²) in [6.45, 7) is -0.538. The molecule has 3 N–H and O–H groups in total. The molecule has 3 aliphatic rings. The number of hydrogen-bond donors (Lipinski definition) is 2. The lowest BCUT2D eigenvalue weighted by Crippen LogP contribution is -2.35. The number of nitrogen functional groups attached to an aromatic ring is 1. The van der Waals surface area contributed by atoms with E-state index in [1.54, 1.807) is 0 Å². The molecule has 0 spiro atoms. The average Bonchev–Trinajstić information content (AvgIpc) is 3.19. The molecule has 0 saturated carbocycles. The van der Waals surface area contributed by atoms with Gasteiger partial charge in [0.2, 0.25) is 0 Å². The van der Waals surface area contributed by atoms with Crippen molar-refractivity contribution in [3.8, 4) is 0 Å². The second-order valence-electron chi connectivity index (χ2n) is 5.29. The minimum absolute atomic E-state index is 0.177. The molecule has 0 aliphatic carbocycles. The number of nitrogens with two attached hydrogens (primary N) is 1. The lowest BCUT2D eigenvalue weighted by atomic mass is 10.0. The van der Waals surface area contributed by atoms with Crippen molar-refractivity contribution in [3.63, 3.8) is 0 Å². The van der Waals surface area contributed by atoms with Gasteiger partial charge in [-0.05, 0) is 0 Å². The van der Waals surface area contributed by atoms with Gasteiger partial charge in [0.05, 0.1) is 24.6 Å². The molecule has 1 unspecified atom stereocenters. The molecule has 9 nitrogen and oxygen atoms in total. The summed E-state index contributed by atoms with van der Waals surface area (Å²) in [5, 5.41) is 9.49. The van der Waals surface area contributed by atoms with Crippen LogP contribution >= 0.6 is 0 Å². The zero-order chi connectivity index (χ0) is 15.3. The fraction of sp³-hybridized carbons (Fsp3) is 0.615. The topological polar surface area (TPSA) is 121 Å². The van der Waals surface area contributed by atoms with Crippen LogP contribution in [0.3, 0.4) is 0 Å². The lowest BCUT2D eigenvalue weighted by Gasteiger charge is -2.18. The zero-order valence-corrected chi connectivity index (χ0v) is 11.9. The SMILES string of the molecule is COC1O[C@@H]2[C@H](O1)[C@@H](CO)O[C@H]2C1=NCc2c(N)ncnc21. The Morgan fingerprint density at radius 1 is 1.32 bits per heavy atom. The van der Waals surface area contributed by atoms with E-state index < -0.39 is 30.9 Å². The van der Waals surface area contributed by atoms with Crippen LogP contribution in [0, 0.1) is 0 Å². The summed E-state index contributed by atoms with van der Waals surface area (Å²) in [5.41, 5.74) is 7.95. The van der Waals surface area contributed by atoms with Gasteiger partial charge in [-0.1, -0.05) is 0 Å². The van der Waals surface area contributed by atoms with E-state index >= 15 is 0 Å². The quantitative estimate of drug-likeness (QED) is 0.717. The first-order valence-electron chi connectivity index (χ1n) is 6.97. The minimum atomic E-state index is -0.771. The van der Waals surface area contributed by atoms with Crippen molar-refractivity contribution < 1.29 is 24.1 Å². The summed E-state index contributed by atoms with van der Waals surface area (Å²) in [6, 6.07) is 0. The second-order valence-corrected chi connectivity index (χ2v) is 5.29. The molecule has 118 valence electrons. The Morgan fingerprint density at radius 3 is 2.91 bits per heavy atom. The van der Waals surface area contributed by atoms with E-state index in [9.17, 15) is 5.11 Å². The van der Waals surface area contributed by atoms with Crippen molar-refractivity contribution >= 4 is 11.5 Å². The maximum Gasteiger partial charge on any atom is 0.272 e. The van der Waals surface area contributed by atoms with E-state index in [0.717, 1.165) is 5.56 Å². The molecule has 0 amide bonds. The van der Waals surface area contributed by atoms with Gasteiger partial charge in [-0.25, -0.2) is 9.97 Å². The molecule has 9 heteroatoms. The highest BCUT2D eigenvalue weighted by molar-refractivity contribution is 6.06.